The summed E-state index contributed by atoms with van der Waals surface area (Å²) in [5.41, 5.74) is 4.15. The van der Waals surface area contributed by atoms with Crippen LogP contribution in [0, 0.1) is 0 Å². The first-order valence-electron chi connectivity index (χ1n) is 14.0. The Balaban J connectivity index is 1.60. The first-order chi connectivity index (χ1) is 20.4. The smallest absolute Gasteiger partial charge is 0.305 e. The van der Waals surface area contributed by atoms with Gasteiger partial charge in [-0.2, -0.15) is 0 Å². The molecule has 2 amide bonds. The van der Waals surface area contributed by atoms with Crippen LogP contribution in [0.3, 0.4) is 0 Å². The summed E-state index contributed by atoms with van der Waals surface area (Å²) in [6.45, 7) is 2.35. The Labute approximate surface area is 246 Å². The van der Waals surface area contributed by atoms with Crippen molar-refractivity contribution in [2.45, 2.75) is 38.8 Å². The predicted molar refractivity (Wildman–Crippen MR) is 164 cm³/mol. The van der Waals surface area contributed by atoms with Gasteiger partial charge >= 0.3 is 5.97 Å². The molecule has 0 saturated carbocycles. The molecule has 7 heteroatoms. The van der Waals surface area contributed by atoms with E-state index in [4.69, 9.17) is 4.74 Å². The summed E-state index contributed by atoms with van der Waals surface area (Å²) >= 11 is 0. The largest absolute Gasteiger partial charge is 0.497 e. The van der Waals surface area contributed by atoms with Crippen molar-refractivity contribution in [3.8, 4) is 16.9 Å². The number of methoxy groups -OCH3 is 1. The van der Waals surface area contributed by atoms with Crippen LogP contribution < -0.4 is 10.1 Å². The quantitative estimate of drug-likeness (QED) is 0.201. The van der Waals surface area contributed by atoms with Gasteiger partial charge in [0, 0.05) is 30.3 Å². The summed E-state index contributed by atoms with van der Waals surface area (Å²) in [6, 6.07) is 31.7. The number of ether oxygens (including phenoxy) is 1. The monoisotopic (exact) mass is 564 g/mol. The van der Waals surface area contributed by atoms with Crippen molar-refractivity contribution in [1.29, 1.82) is 0 Å². The van der Waals surface area contributed by atoms with E-state index in [1.54, 1.807) is 36.3 Å². The van der Waals surface area contributed by atoms with Gasteiger partial charge in [0.2, 0.25) is 0 Å². The summed E-state index contributed by atoms with van der Waals surface area (Å²) in [6.07, 6.45) is 1.28. The summed E-state index contributed by atoms with van der Waals surface area (Å²) in [7, 11) is 1.60. The van der Waals surface area contributed by atoms with Crippen LogP contribution in [0.2, 0.25) is 0 Å². The van der Waals surface area contributed by atoms with E-state index >= 15 is 0 Å². The van der Waals surface area contributed by atoms with Crippen LogP contribution in [-0.2, 0) is 17.8 Å². The van der Waals surface area contributed by atoms with Gasteiger partial charge in [-0.05, 0) is 66.3 Å². The van der Waals surface area contributed by atoms with Crippen molar-refractivity contribution in [2.24, 2.45) is 0 Å². The van der Waals surface area contributed by atoms with E-state index < -0.39 is 5.97 Å². The lowest BCUT2D eigenvalue weighted by atomic mass is 9.93. The van der Waals surface area contributed by atoms with Crippen LogP contribution in [0.1, 0.15) is 51.6 Å². The first-order valence-corrected chi connectivity index (χ1v) is 14.0. The molecule has 216 valence electrons. The Bertz CT molecular complexity index is 1520. The number of rotatable bonds is 13. The molecule has 0 aliphatic rings. The molecule has 0 spiro atoms. The zero-order valence-electron chi connectivity index (χ0n) is 24.0. The van der Waals surface area contributed by atoms with Gasteiger partial charge in [0.15, 0.2) is 0 Å². The maximum absolute atomic E-state index is 14.1. The molecule has 42 heavy (non-hydrogen) atoms. The van der Waals surface area contributed by atoms with Crippen molar-refractivity contribution in [1.82, 2.24) is 10.2 Å². The molecule has 0 saturated heterocycles. The van der Waals surface area contributed by atoms with Gasteiger partial charge in [-0.3, -0.25) is 14.4 Å². The number of hydrogen-bond donors (Lipinski definition) is 2. The van der Waals surface area contributed by atoms with Crippen LogP contribution >= 0.6 is 0 Å². The molecule has 0 bridgehead atoms. The Kier molecular flexibility index (Phi) is 10.5. The van der Waals surface area contributed by atoms with Crippen molar-refractivity contribution in [3.63, 3.8) is 0 Å². The van der Waals surface area contributed by atoms with E-state index in [9.17, 15) is 19.5 Å². The lowest BCUT2D eigenvalue weighted by Crippen LogP contribution is -2.40. The number of aliphatic carboxylic acids is 1. The average Bonchev–Trinajstić information content (AvgIpc) is 3.03. The molecule has 0 heterocycles. The molecular weight excluding hydrogens is 528 g/mol. The fraction of sp³-hybridized carbons (Fsp3) is 0.229. The zero-order chi connectivity index (χ0) is 29.9. The van der Waals surface area contributed by atoms with Crippen molar-refractivity contribution in [2.75, 3.05) is 13.7 Å². The third-order valence-electron chi connectivity index (χ3n) is 7.26. The summed E-state index contributed by atoms with van der Waals surface area (Å²) < 4.78 is 5.28. The van der Waals surface area contributed by atoms with Crippen LogP contribution in [0.4, 0.5) is 0 Å². The Morgan fingerprint density at radius 1 is 0.810 bits per heavy atom. The van der Waals surface area contributed by atoms with Gasteiger partial charge in [0.05, 0.1) is 13.5 Å². The molecule has 0 aromatic heterocycles. The lowest BCUT2D eigenvalue weighted by molar-refractivity contribution is -0.137. The molecule has 4 aromatic rings. The fourth-order valence-corrected chi connectivity index (χ4v) is 4.95. The highest BCUT2D eigenvalue weighted by molar-refractivity contribution is 6.06. The maximum Gasteiger partial charge on any atom is 0.305 e. The molecule has 1 unspecified atom stereocenters. The van der Waals surface area contributed by atoms with Crippen LogP contribution in [0.15, 0.2) is 103 Å². The second-order valence-electron chi connectivity index (χ2n) is 10.1. The lowest BCUT2D eigenvalue weighted by Gasteiger charge is -2.30. The van der Waals surface area contributed by atoms with Gasteiger partial charge in [-0.25, -0.2) is 0 Å². The number of carboxylic acids is 1. The van der Waals surface area contributed by atoms with E-state index in [1.807, 2.05) is 85.8 Å². The number of nitrogens with one attached hydrogen (secondary N) is 1. The molecule has 0 radical (unpaired) electrons. The topological polar surface area (TPSA) is 95.9 Å². The summed E-state index contributed by atoms with van der Waals surface area (Å²) in [4.78, 5) is 40.6. The maximum atomic E-state index is 14.1. The SMILES string of the molecule is COc1cccc(CNC(=O)c2ccccc2-c2ccccc2C(=O)N(CCC(=O)O)C(C)CCc2ccccc2)c1. The molecule has 2 N–H and O–H groups in total. The van der Waals surface area contributed by atoms with Gasteiger partial charge in [0.1, 0.15) is 5.75 Å². The minimum atomic E-state index is -0.964. The average molecular weight is 565 g/mol. The number of amides is 2. The van der Waals surface area contributed by atoms with E-state index in [0.29, 0.717) is 41.0 Å². The first kappa shape index (κ1) is 30.1. The predicted octanol–water partition coefficient (Wildman–Crippen LogP) is 6.23. The van der Waals surface area contributed by atoms with Crippen LogP contribution in [0.25, 0.3) is 11.1 Å². The minimum absolute atomic E-state index is 0.0845. The van der Waals surface area contributed by atoms with Crippen LogP contribution in [-0.4, -0.2) is 47.5 Å². The highest BCUT2D eigenvalue weighted by Crippen LogP contribution is 2.29. The minimum Gasteiger partial charge on any atom is -0.497 e. The zero-order valence-corrected chi connectivity index (χ0v) is 24.0. The Hall–Kier alpha value is -4.91. The molecular formula is C35H36N2O5. The fourth-order valence-electron chi connectivity index (χ4n) is 4.95. The van der Waals surface area contributed by atoms with Crippen LogP contribution in [0.5, 0.6) is 5.75 Å². The second-order valence-corrected chi connectivity index (χ2v) is 10.1. The molecule has 7 nitrogen and oxygen atoms in total. The van der Waals surface area contributed by atoms with Gasteiger partial charge in [-0.15, -0.1) is 0 Å². The molecule has 4 aromatic carbocycles. The van der Waals surface area contributed by atoms with E-state index in [1.165, 1.54) is 0 Å². The Morgan fingerprint density at radius 3 is 2.12 bits per heavy atom. The standard InChI is InChI=1S/C35H36N2O5/c1-25(19-20-26-11-4-3-5-12-26)37(22-21-33(38)39)35(41)32-18-9-7-16-30(32)29-15-6-8-17-31(29)34(40)36-24-27-13-10-14-28(23-27)42-2/h3-18,23,25H,19-22,24H2,1-2H3,(H,36,40)(H,38,39). The number of aryl methyl sites for hydroxylation is 1. The number of carbonyl (C=O) groups is 3. The van der Waals surface area contributed by atoms with Gasteiger partial charge < -0.3 is 20.1 Å². The molecule has 4 rings (SSSR count). The normalized spacial score (nSPS) is 11.4. The highest BCUT2D eigenvalue weighted by atomic mass is 16.5. The second kappa shape index (κ2) is 14.6. The third-order valence-corrected chi connectivity index (χ3v) is 7.26. The number of nitrogens with zero attached hydrogens (tertiary/aromatic N) is 1. The number of carbonyl (C=O) groups excluding carboxylic acids is 2. The summed E-state index contributed by atoms with van der Waals surface area (Å²) in [5, 5.41) is 12.4. The highest BCUT2D eigenvalue weighted by Gasteiger charge is 2.26. The number of carboxylic acid groups (broad SMARTS) is 1. The summed E-state index contributed by atoms with van der Waals surface area (Å²) in [5.74, 6) is -0.789. The van der Waals surface area contributed by atoms with Crippen molar-refractivity contribution in [3.05, 3.63) is 125 Å². The molecule has 0 aliphatic carbocycles. The van der Waals surface area contributed by atoms with E-state index in [0.717, 1.165) is 17.5 Å². The van der Waals surface area contributed by atoms with E-state index in [-0.39, 0.29) is 30.8 Å². The van der Waals surface area contributed by atoms with Gasteiger partial charge in [-0.1, -0.05) is 78.9 Å². The Morgan fingerprint density at radius 2 is 1.43 bits per heavy atom. The molecule has 1 atom stereocenters. The van der Waals surface area contributed by atoms with Crippen molar-refractivity contribution >= 4 is 17.8 Å². The number of hydrogen-bond acceptors (Lipinski definition) is 4. The van der Waals surface area contributed by atoms with E-state index in [2.05, 4.69) is 5.32 Å². The molecule has 0 aliphatic heterocycles. The van der Waals surface area contributed by atoms with Crippen molar-refractivity contribution < 1.29 is 24.2 Å². The molecule has 0 fully saturated rings. The van der Waals surface area contributed by atoms with Gasteiger partial charge in [0.25, 0.3) is 11.8 Å². The number of benzene rings is 4. The third kappa shape index (κ3) is 7.85.